The van der Waals surface area contributed by atoms with Crippen molar-refractivity contribution in [3.8, 4) is 5.75 Å². The number of amides is 1. The maximum atomic E-state index is 11.4. The predicted molar refractivity (Wildman–Crippen MR) is 66.2 cm³/mol. The Morgan fingerprint density at radius 3 is 2.39 bits per heavy atom. The summed E-state index contributed by atoms with van der Waals surface area (Å²) >= 11 is 0. The molecule has 1 amide bonds. The van der Waals surface area contributed by atoms with Crippen molar-refractivity contribution >= 4 is 12.6 Å². The Kier molecular flexibility index (Phi) is 4.71. The average Bonchev–Trinajstić information content (AvgIpc) is 2.26. The number of hydrogen-bond acceptors (Lipinski definition) is 4. The summed E-state index contributed by atoms with van der Waals surface area (Å²) in [6.45, 7) is 6.14. The van der Waals surface area contributed by atoms with Gasteiger partial charge in [0.2, 0.25) is 0 Å². The van der Waals surface area contributed by atoms with E-state index < -0.39 is 11.7 Å². The fourth-order valence-electron chi connectivity index (χ4n) is 1.23. The number of nitrogens with one attached hydrogen (secondary N) is 1. The Bertz CT molecular complexity index is 406. The summed E-state index contributed by atoms with van der Waals surface area (Å²) in [6, 6.07) is 6.83. The van der Waals surface area contributed by atoms with Crippen molar-refractivity contribution in [1.82, 2.24) is 5.32 Å². The van der Waals surface area contributed by atoms with Crippen LogP contribution >= 0.6 is 0 Å². The second-order valence-corrected chi connectivity index (χ2v) is 4.71. The molecule has 5 nitrogen and oxygen atoms in total. The number of rotatable bonds is 4. The first-order valence-electron chi connectivity index (χ1n) is 5.57. The van der Waals surface area contributed by atoms with Crippen LogP contribution < -0.4 is 10.1 Å². The molecule has 1 aromatic rings. The highest BCUT2D eigenvalue weighted by Gasteiger charge is 2.15. The number of carbonyl (C=O) groups is 2. The molecule has 0 bridgehead atoms. The number of benzene rings is 1. The number of hydrogen-bond donors (Lipinski definition) is 1. The van der Waals surface area contributed by atoms with Gasteiger partial charge in [-0.3, -0.25) is 4.79 Å². The lowest BCUT2D eigenvalue weighted by Gasteiger charge is -2.19. The SMILES string of the molecule is CC(C)(C)OC(=O)NCc1ccc(OC=O)cc1. The van der Waals surface area contributed by atoms with Gasteiger partial charge in [-0.15, -0.1) is 0 Å². The van der Waals surface area contributed by atoms with Gasteiger partial charge < -0.3 is 14.8 Å². The van der Waals surface area contributed by atoms with Crippen molar-refractivity contribution < 1.29 is 19.1 Å². The van der Waals surface area contributed by atoms with Gasteiger partial charge in [0.05, 0.1) is 0 Å². The highest BCUT2D eigenvalue weighted by atomic mass is 16.6. The van der Waals surface area contributed by atoms with Crippen molar-refractivity contribution in [1.29, 1.82) is 0 Å². The van der Waals surface area contributed by atoms with Crippen LogP contribution in [0.2, 0.25) is 0 Å². The molecule has 0 radical (unpaired) electrons. The standard InChI is InChI=1S/C13H17NO4/c1-13(2,3)18-12(16)14-8-10-4-6-11(7-5-10)17-9-15/h4-7,9H,8H2,1-3H3,(H,14,16). The van der Waals surface area contributed by atoms with Crippen LogP contribution in [0, 0.1) is 0 Å². The zero-order valence-electron chi connectivity index (χ0n) is 10.7. The molecule has 0 spiro atoms. The number of carbonyl (C=O) groups excluding carboxylic acids is 2. The van der Waals surface area contributed by atoms with E-state index in [2.05, 4.69) is 10.1 Å². The molecule has 1 rings (SSSR count). The molecule has 0 unspecified atom stereocenters. The van der Waals surface area contributed by atoms with Gasteiger partial charge in [0.25, 0.3) is 6.47 Å². The van der Waals surface area contributed by atoms with Gasteiger partial charge in [-0.05, 0) is 38.5 Å². The third-order valence-electron chi connectivity index (χ3n) is 1.94. The minimum atomic E-state index is -0.508. The number of ether oxygens (including phenoxy) is 2. The van der Waals surface area contributed by atoms with Crippen molar-refractivity contribution in [2.45, 2.75) is 32.9 Å². The van der Waals surface area contributed by atoms with E-state index in [0.29, 0.717) is 18.8 Å². The lowest BCUT2D eigenvalue weighted by atomic mass is 10.2. The van der Waals surface area contributed by atoms with E-state index in [-0.39, 0.29) is 0 Å². The molecule has 1 aromatic carbocycles. The van der Waals surface area contributed by atoms with Crippen LogP contribution in [0.4, 0.5) is 4.79 Å². The second-order valence-electron chi connectivity index (χ2n) is 4.71. The fourth-order valence-corrected chi connectivity index (χ4v) is 1.23. The van der Waals surface area contributed by atoms with E-state index in [9.17, 15) is 9.59 Å². The summed E-state index contributed by atoms with van der Waals surface area (Å²) in [6.07, 6.45) is -0.462. The van der Waals surface area contributed by atoms with Crippen molar-refractivity contribution in [3.63, 3.8) is 0 Å². The molecule has 18 heavy (non-hydrogen) atoms. The van der Waals surface area contributed by atoms with E-state index >= 15 is 0 Å². The van der Waals surface area contributed by atoms with Crippen molar-refractivity contribution in [2.24, 2.45) is 0 Å². The topological polar surface area (TPSA) is 64.6 Å². The molecule has 0 fully saturated rings. The zero-order valence-corrected chi connectivity index (χ0v) is 10.7. The maximum Gasteiger partial charge on any atom is 0.407 e. The molecule has 5 heteroatoms. The third kappa shape index (κ3) is 5.34. The summed E-state index contributed by atoms with van der Waals surface area (Å²) in [5, 5.41) is 2.64. The minimum Gasteiger partial charge on any atom is -0.444 e. The molecule has 0 atom stereocenters. The minimum absolute atomic E-state index is 0.357. The summed E-state index contributed by atoms with van der Waals surface area (Å²) in [5.41, 5.74) is 0.380. The van der Waals surface area contributed by atoms with Gasteiger partial charge in [-0.25, -0.2) is 4.79 Å². The third-order valence-corrected chi connectivity index (χ3v) is 1.94. The summed E-state index contributed by atoms with van der Waals surface area (Å²) in [4.78, 5) is 21.5. The van der Waals surface area contributed by atoms with Crippen LogP contribution in [0.5, 0.6) is 5.75 Å². The summed E-state index contributed by atoms with van der Waals surface area (Å²) in [7, 11) is 0. The highest BCUT2D eigenvalue weighted by Crippen LogP contribution is 2.11. The monoisotopic (exact) mass is 251 g/mol. The van der Waals surface area contributed by atoms with Gasteiger partial charge in [-0.1, -0.05) is 12.1 Å². The van der Waals surface area contributed by atoms with Gasteiger partial charge in [0.15, 0.2) is 0 Å². The average molecular weight is 251 g/mol. The Labute approximate surface area is 106 Å². The van der Waals surface area contributed by atoms with Crippen LogP contribution in [-0.4, -0.2) is 18.2 Å². The lowest BCUT2D eigenvalue weighted by Crippen LogP contribution is -2.32. The van der Waals surface area contributed by atoms with Crippen LogP contribution in [0.15, 0.2) is 24.3 Å². The van der Waals surface area contributed by atoms with Gasteiger partial charge in [0, 0.05) is 6.54 Å². The van der Waals surface area contributed by atoms with Crippen molar-refractivity contribution in [2.75, 3.05) is 0 Å². The molecule has 0 aliphatic rings. The molecule has 0 heterocycles. The first-order chi connectivity index (χ1) is 8.40. The van der Waals surface area contributed by atoms with E-state index in [1.807, 2.05) is 0 Å². The molecule has 1 N–H and O–H groups in total. The van der Waals surface area contributed by atoms with Gasteiger partial charge in [0.1, 0.15) is 11.4 Å². The first kappa shape index (κ1) is 14.0. The van der Waals surface area contributed by atoms with Crippen LogP contribution in [0.1, 0.15) is 26.3 Å². The summed E-state index contributed by atoms with van der Waals surface area (Å²) < 4.78 is 9.76. The summed E-state index contributed by atoms with van der Waals surface area (Å²) in [5.74, 6) is 0.464. The van der Waals surface area contributed by atoms with Crippen LogP contribution in [-0.2, 0) is 16.1 Å². The largest absolute Gasteiger partial charge is 0.444 e. The lowest BCUT2D eigenvalue weighted by molar-refractivity contribution is -0.120. The molecule has 0 aliphatic carbocycles. The first-order valence-corrected chi connectivity index (χ1v) is 5.57. The molecular formula is C13H17NO4. The Morgan fingerprint density at radius 1 is 1.28 bits per heavy atom. The maximum absolute atomic E-state index is 11.4. The molecule has 0 saturated carbocycles. The van der Waals surface area contributed by atoms with E-state index in [4.69, 9.17) is 4.74 Å². The van der Waals surface area contributed by atoms with Crippen LogP contribution in [0.25, 0.3) is 0 Å². The second kappa shape index (κ2) is 6.05. The predicted octanol–water partition coefficient (Wildman–Crippen LogP) is 2.25. The molecule has 0 saturated heterocycles. The van der Waals surface area contributed by atoms with Crippen LogP contribution in [0.3, 0.4) is 0 Å². The smallest absolute Gasteiger partial charge is 0.407 e. The Balaban J connectivity index is 2.43. The van der Waals surface area contributed by atoms with Gasteiger partial charge >= 0.3 is 6.09 Å². The zero-order chi connectivity index (χ0) is 13.6. The quantitative estimate of drug-likeness (QED) is 0.833. The van der Waals surface area contributed by atoms with E-state index in [1.54, 1.807) is 45.0 Å². The van der Waals surface area contributed by atoms with Crippen molar-refractivity contribution in [3.05, 3.63) is 29.8 Å². The molecule has 0 aliphatic heterocycles. The van der Waals surface area contributed by atoms with Gasteiger partial charge in [-0.2, -0.15) is 0 Å². The normalized spacial score (nSPS) is 10.6. The highest BCUT2D eigenvalue weighted by molar-refractivity contribution is 5.67. The van der Waals surface area contributed by atoms with E-state index in [1.165, 1.54) is 0 Å². The Hall–Kier alpha value is -2.04. The fraction of sp³-hybridized carbons (Fsp3) is 0.385. The molecule has 98 valence electrons. The van der Waals surface area contributed by atoms with E-state index in [0.717, 1.165) is 5.56 Å². The Morgan fingerprint density at radius 2 is 1.89 bits per heavy atom. The molecule has 0 aromatic heterocycles. The molecular weight excluding hydrogens is 234 g/mol. The number of alkyl carbamates (subject to hydrolysis) is 1.